The number of aromatic nitrogens is 3. The molecule has 1 atom stereocenters. The van der Waals surface area contributed by atoms with Gasteiger partial charge in [0, 0.05) is 12.2 Å². The summed E-state index contributed by atoms with van der Waals surface area (Å²) < 4.78 is 26.0. The number of pyridine rings is 1. The molecule has 2 aromatic heterocycles. The molecular weight excluding hydrogens is 347 g/mol. The van der Waals surface area contributed by atoms with Gasteiger partial charge in [0.2, 0.25) is 5.88 Å². The first-order chi connectivity index (χ1) is 11.7. The van der Waals surface area contributed by atoms with Gasteiger partial charge >= 0.3 is 6.01 Å². The van der Waals surface area contributed by atoms with E-state index >= 15 is 0 Å². The van der Waals surface area contributed by atoms with Gasteiger partial charge in [-0.05, 0) is 47.2 Å². The lowest BCUT2D eigenvalue weighted by molar-refractivity contribution is 0.123. The lowest BCUT2D eigenvalue weighted by Gasteiger charge is -2.22. The zero-order chi connectivity index (χ0) is 18.2. The molecule has 0 aliphatic carbocycles. The van der Waals surface area contributed by atoms with Crippen LogP contribution in [0.2, 0.25) is 5.15 Å². The van der Waals surface area contributed by atoms with Crippen molar-refractivity contribution >= 4 is 22.5 Å². The summed E-state index contributed by atoms with van der Waals surface area (Å²) in [5, 5.41) is 0.122. The van der Waals surface area contributed by atoms with Crippen molar-refractivity contribution in [2.45, 2.75) is 45.3 Å². The topological polar surface area (TPSA) is 60.4 Å². The molecule has 0 unspecified atom stereocenters. The van der Waals surface area contributed by atoms with Crippen molar-refractivity contribution in [2.75, 3.05) is 20.2 Å². The predicted octanol–water partition coefficient (Wildman–Crippen LogP) is 3.47. The first-order valence-corrected chi connectivity index (χ1v) is 8.66. The smallest absolute Gasteiger partial charge is 0.320 e. The van der Waals surface area contributed by atoms with Crippen LogP contribution in [-0.2, 0) is 0 Å². The van der Waals surface area contributed by atoms with Crippen LogP contribution in [0.5, 0.6) is 11.9 Å². The zero-order valence-corrected chi connectivity index (χ0v) is 15.6. The minimum Gasteiger partial charge on any atom is -0.471 e. The lowest BCUT2D eigenvalue weighted by atomic mass is 10.2. The van der Waals surface area contributed by atoms with Crippen LogP contribution >= 0.6 is 11.6 Å². The second-order valence-corrected chi connectivity index (χ2v) is 7.60. The number of fused-ring (bicyclic) bond motifs is 1. The number of likely N-dealkylation sites (N-methyl/N-ethyl adjacent to an activating group) is 1. The third-order valence-electron chi connectivity index (χ3n) is 4.07. The highest BCUT2D eigenvalue weighted by atomic mass is 35.5. The van der Waals surface area contributed by atoms with Crippen molar-refractivity contribution < 1.29 is 13.9 Å². The van der Waals surface area contributed by atoms with E-state index in [1.807, 2.05) is 20.8 Å². The number of hydrogen-bond acceptors (Lipinski definition) is 6. The predicted molar refractivity (Wildman–Crippen MR) is 93.8 cm³/mol. The summed E-state index contributed by atoms with van der Waals surface area (Å²) in [7, 11) is 2.06. The van der Waals surface area contributed by atoms with Gasteiger partial charge in [-0.15, -0.1) is 0 Å². The highest BCUT2D eigenvalue weighted by Crippen LogP contribution is 2.31. The Labute approximate surface area is 151 Å². The van der Waals surface area contributed by atoms with Crippen LogP contribution < -0.4 is 9.47 Å². The molecule has 0 N–H and O–H groups in total. The maximum absolute atomic E-state index is 14.4. The second-order valence-electron chi connectivity index (χ2n) is 7.24. The molecular formula is C17H22ClFN4O2. The molecule has 0 bridgehead atoms. The van der Waals surface area contributed by atoms with Crippen molar-refractivity contribution in [3.8, 4) is 11.9 Å². The number of ether oxygens (including phenoxy) is 2. The summed E-state index contributed by atoms with van der Waals surface area (Å²) >= 11 is 5.79. The number of hydrogen-bond donors (Lipinski definition) is 0. The van der Waals surface area contributed by atoms with Crippen molar-refractivity contribution in [1.29, 1.82) is 0 Å². The number of nitrogens with zero attached hydrogens (tertiary/aromatic N) is 4. The maximum atomic E-state index is 14.4. The molecule has 2 aromatic rings. The average Bonchev–Trinajstić information content (AvgIpc) is 2.93. The summed E-state index contributed by atoms with van der Waals surface area (Å²) in [6.07, 6.45) is 3.60. The quantitative estimate of drug-likeness (QED) is 0.770. The van der Waals surface area contributed by atoms with Gasteiger partial charge in [-0.3, -0.25) is 0 Å². The van der Waals surface area contributed by atoms with Crippen molar-refractivity contribution in [2.24, 2.45) is 0 Å². The normalized spacial score (nSPS) is 18.7. The minimum atomic E-state index is -0.705. The van der Waals surface area contributed by atoms with Gasteiger partial charge in [-0.1, -0.05) is 11.6 Å². The van der Waals surface area contributed by atoms with Gasteiger partial charge < -0.3 is 14.4 Å². The number of rotatable bonds is 4. The Morgan fingerprint density at radius 2 is 2.12 bits per heavy atom. The van der Waals surface area contributed by atoms with E-state index in [4.69, 9.17) is 21.1 Å². The van der Waals surface area contributed by atoms with Gasteiger partial charge in [-0.25, -0.2) is 9.37 Å². The van der Waals surface area contributed by atoms with Crippen LogP contribution in [0.1, 0.15) is 33.6 Å². The SMILES string of the molecule is CN1CCC[C@H]1COc1nc(OC(C)(C)C)c2cnc(Cl)c(F)c2n1. The maximum Gasteiger partial charge on any atom is 0.320 e. The Bertz CT molecular complexity index is 781. The third kappa shape index (κ3) is 4.10. The zero-order valence-electron chi connectivity index (χ0n) is 14.8. The second kappa shape index (κ2) is 6.88. The minimum absolute atomic E-state index is 0.0454. The standard InChI is InChI=1S/C17H22ClFN4O2/c1-17(2,3)25-15-11-8-20-14(18)12(19)13(11)21-16(22-15)24-9-10-6-5-7-23(10)4/h8,10H,5-7,9H2,1-4H3/t10-/m0/s1. The van der Waals surface area contributed by atoms with E-state index in [1.54, 1.807) is 0 Å². The van der Waals surface area contributed by atoms with E-state index in [9.17, 15) is 4.39 Å². The molecule has 0 radical (unpaired) electrons. The summed E-state index contributed by atoms with van der Waals surface area (Å²) in [4.78, 5) is 14.6. The van der Waals surface area contributed by atoms with E-state index in [-0.39, 0.29) is 22.6 Å². The van der Waals surface area contributed by atoms with Gasteiger partial charge in [0.1, 0.15) is 17.7 Å². The molecule has 6 nitrogen and oxygen atoms in total. The van der Waals surface area contributed by atoms with Crippen molar-refractivity contribution in [1.82, 2.24) is 19.9 Å². The van der Waals surface area contributed by atoms with Crippen molar-refractivity contribution in [3.63, 3.8) is 0 Å². The molecule has 1 aliphatic rings. The van der Waals surface area contributed by atoms with Crippen LogP contribution in [0.25, 0.3) is 10.9 Å². The fourth-order valence-electron chi connectivity index (χ4n) is 2.78. The van der Waals surface area contributed by atoms with Crippen molar-refractivity contribution in [3.05, 3.63) is 17.2 Å². The van der Waals surface area contributed by atoms with Gasteiger partial charge in [0.05, 0.1) is 5.39 Å². The van der Waals surface area contributed by atoms with E-state index in [0.29, 0.717) is 18.0 Å². The van der Waals surface area contributed by atoms with Crippen LogP contribution in [0.3, 0.4) is 0 Å². The Morgan fingerprint density at radius 1 is 1.36 bits per heavy atom. The molecule has 136 valence electrons. The highest BCUT2D eigenvalue weighted by Gasteiger charge is 2.24. The molecule has 1 fully saturated rings. The van der Waals surface area contributed by atoms with Gasteiger partial charge in [0.25, 0.3) is 0 Å². The molecule has 0 aromatic carbocycles. The monoisotopic (exact) mass is 368 g/mol. The number of likely N-dealkylation sites (tertiary alicyclic amines) is 1. The first-order valence-electron chi connectivity index (χ1n) is 8.28. The fourth-order valence-corrected chi connectivity index (χ4v) is 2.92. The van der Waals surface area contributed by atoms with E-state index in [2.05, 4.69) is 26.9 Å². The van der Waals surface area contributed by atoms with Gasteiger partial charge in [0.15, 0.2) is 11.0 Å². The van der Waals surface area contributed by atoms with Crippen LogP contribution in [0.4, 0.5) is 4.39 Å². The van der Waals surface area contributed by atoms with Crippen LogP contribution in [0.15, 0.2) is 6.20 Å². The lowest BCUT2D eigenvalue weighted by Crippen LogP contribution is -2.31. The van der Waals surface area contributed by atoms with E-state index < -0.39 is 11.4 Å². The molecule has 0 amide bonds. The molecule has 1 saturated heterocycles. The molecule has 3 rings (SSSR count). The summed E-state index contributed by atoms with van der Waals surface area (Å²) in [5.41, 5.74) is -0.468. The first kappa shape index (κ1) is 18.1. The molecule has 8 heteroatoms. The molecule has 25 heavy (non-hydrogen) atoms. The average molecular weight is 369 g/mol. The molecule has 3 heterocycles. The summed E-state index contributed by atoms with van der Waals surface area (Å²) in [6.45, 7) is 7.14. The van der Waals surface area contributed by atoms with E-state index in [1.165, 1.54) is 6.20 Å². The third-order valence-corrected chi connectivity index (χ3v) is 4.33. The molecule has 1 aliphatic heterocycles. The van der Waals surface area contributed by atoms with E-state index in [0.717, 1.165) is 19.4 Å². The summed E-state index contributed by atoms with van der Waals surface area (Å²) in [6, 6.07) is 0.380. The Balaban J connectivity index is 1.96. The number of halogens is 2. The Morgan fingerprint density at radius 3 is 2.76 bits per heavy atom. The Kier molecular flexibility index (Phi) is 4.97. The molecule has 0 spiro atoms. The largest absolute Gasteiger partial charge is 0.471 e. The fraction of sp³-hybridized carbons (Fsp3) is 0.588. The van der Waals surface area contributed by atoms with Gasteiger partial charge in [-0.2, -0.15) is 9.97 Å². The summed E-state index contributed by atoms with van der Waals surface area (Å²) in [5.74, 6) is -0.474. The molecule has 0 saturated carbocycles. The van der Waals surface area contributed by atoms with Crippen LogP contribution in [0, 0.1) is 5.82 Å². The Hall–Kier alpha value is -1.73. The van der Waals surface area contributed by atoms with Crippen LogP contribution in [-0.4, -0.2) is 51.7 Å². The highest BCUT2D eigenvalue weighted by molar-refractivity contribution is 6.30.